The van der Waals surface area contributed by atoms with Gasteiger partial charge in [0.2, 0.25) is 0 Å². The maximum absolute atomic E-state index is 13.4. The molecule has 1 atom stereocenters. The van der Waals surface area contributed by atoms with E-state index < -0.39 is 11.4 Å². The number of halogens is 1. The van der Waals surface area contributed by atoms with Gasteiger partial charge in [-0.25, -0.2) is 9.18 Å². The van der Waals surface area contributed by atoms with Crippen molar-refractivity contribution in [3.8, 4) is 5.75 Å². The first-order valence-corrected chi connectivity index (χ1v) is 7.92. The van der Waals surface area contributed by atoms with Crippen molar-refractivity contribution in [3.63, 3.8) is 0 Å². The van der Waals surface area contributed by atoms with Crippen LogP contribution in [0, 0.1) is 5.82 Å². The Bertz CT molecular complexity index is 557. The molecule has 1 saturated heterocycles. The highest BCUT2D eigenvalue weighted by Gasteiger charge is 2.38. The Labute approximate surface area is 136 Å². The van der Waals surface area contributed by atoms with Crippen LogP contribution in [-0.2, 0) is 6.42 Å². The smallest absolute Gasteiger partial charge is 0.317 e. The summed E-state index contributed by atoms with van der Waals surface area (Å²) in [4.78, 5) is 14.0. The topological polar surface area (TPSA) is 61.8 Å². The van der Waals surface area contributed by atoms with Gasteiger partial charge in [0.25, 0.3) is 0 Å². The van der Waals surface area contributed by atoms with Crippen LogP contribution in [0.2, 0.25) is 0 Å². The molecule has 1 aliphatic rings. The minimum Gasteiger partial charge on any atom is -0.494 e. The van der Waals surface area contributed by atoms with E-state index in [0.29, 0.717) is 19.5 Å². The Morgan fingerprint density at radius 2 is 2.26 bits per heavy atom. The van der Waals surface area contributed by atoms with Crippen molar-refractivity contribution in [3.05, 3.63) is 29.6 Å². The highest BCUT2D eigenvalue weighted by atomic mass is 19.1. The second kappa shape index (κ2) is 7.17. The number of likely N-dealkylation sites (tertiary alicyclic amines) is 1. The van der Waals surface area contributed by atoms with Crippen LogP contribution in [0.3, 0.4) is 0 Å². The quantitative estimate of drug-likeness (QED) is 0.874. The predicted octanol–water partition coefficient (Wildman–Crippen LogP) is 2.32. The monoisotopic (exact) mass is 324 g/mol. The van der Waals surface area contributed by atoms with Crippen LogP contribution in [0.25, 0.3) is 0 Å². The lowest BCUT2D eigenvalue weighted by molar-refractivity contribution is 0.00986. The van der Waals surface area contributed by atoms with E-state index in [1.165, 1.54) is 13.2 Å². The van der Waals surface area contributed by atoms with Crippen molar-refractivity contribution >= 4 is 6.03 Å². The third kappa shape index (κ3) is 4.34. The zero-order chi connectivity index (χ0) is 17.0. The van der Waals surface area contributed by atoms with Crippen molar-refractivity contribution in [1.82, 2.24) is 10.2 Å². The average molecular weight is 324 g/mol. The minimum absolute atomic E-state index is 0.159. The number of rotatable bonds is 5. The second-order valence-corrected chi connectivity index (χ2v) is 6.46. The Morgan fingerprint density at radius 3 is 2.91 bits per heavy atom. The predicted molar refractivity (Wildman–Crippen MR) is 86.1 cm³/mol. The number of nitrogens with zero attached hydrogens (tertiary/aromatic N) is 1. The molecule has 6 heteroatoms. The molecule has 0 aromatic heterocycles. The number of hydrogen-bond donors (Lipinski definition) is 2. The van der Waals surface area contributed by atoms with E-state index >= 15 is 0 Å². The number of nitrogens with one attached hydrogen (secondary N) is 1. The van der Waals surface area contributed by atoms with E-state index in [9.17, 15) is 14.3 Å². The molecular weight excluding hydrogens is 299 g/mol. The number of aliphatic hydroxyl groups is 1. The van der Waals surface area contributed by atoms with Crippen molar-refractivity contribution in [2.75, 3.05) is 20.2 Å². The summed E-state index contributed by atoms with van der Waals surface area (Å²) in [7, 11) is 1.42. The summed E-state index contributed by atoms with van der Waals surface area (Å²) in [5.74, 6) is -0.194. The highest BCUT2D eigenvalue weighted by molar-refractivity contribution is 5.75. The molecule has 0 radical (unpaired) electrons. The summed E-state index contributed by atoms with van der Waals surface area (Å²) >= 11 is 0. The SMILES string of the molecule is COc1cc(CCNC(=O)N2CCCC2C(C)(C)O)ccc1F. The van der Waals surface area contributed by atoms with Crippen molar-refractivity contribution in [2.45, 2.75) is 44.8 Å². The van der Waals surface area contributed by atoms with Crippen LogP contribution in [0.1, 0.15) is 32.3 Å². The fourth-order valence-electron chi connectivity index (χ4n) is 3.02. The Balaban J connectivity index is 1.87. The van der Waals surface area contributed by atoms with Gasteiger partial charge in [-0.3, -0.25) is 0 Å². The zero-order valence-corrected chi connectivity index (χ0v) is 13.9. The molecule has 1 aromatic rings. The highest BCUT2D eigenvalue weighted by Crippen LogP contribution is 2.26. The Hall–Kier alpha value is -1.82. The Kier molecular flexibility index (Phi) is 5.46. The first-order chi connectivity index (χ1) is 10.8. The normalized spacial score (nSPS) is 18.1. The molecule has 1 aliphatic heterocycles. The molecule has 1 heterocycles. The average Bonchev–Trinajstić information content (AvgIpc) is 2.98. The first kappa shape index (κ1) is 17.5. The molecule has 2 rings (SSSR count). The molecule has 23 heavy (non-hydrogen) atoms. The molecule has 5 nitrogen and oxygen atoms in total. The van der Waals surface area contributed by atoms with E-state index in [0.717, 1.165) is 18.4 Å². The number of amides is 2. The molecule has 1 fully saturated rings. The van der Waals surface area contributed by atoms with Crippen molar-refractivity contribution in [1.29, 1.82) is 0 Å². The summed E-state index contributed by atoms with van der Waals surface area (Å²) < 4.78 is 18.3. The van der Waals surface area contributed by atoms with E-state index in [-0.39, 0.29) is 17.8 Å². The molecule has 2 N–H and O–H groups in total. The summed E-state index contributed by atoms with van der Waals surface area (Å²) in [5, 5.41) is 13.0. The van der Waals surface area contributed by atoms with Gasteiger partial charge >= 0.3 is 6.03 Å². The van der Waals surface area contributed by atoms with Gasteiger partial charge in [0.15, 0.2) is 11.6 Å². The lowest BCUT2D eigenvalue weighted by Gasteiger charge is -2.33. The largest absolute Gasteiger partial charge is 0.494 e. The van der Waals surface area contributed by atoms with Gasteiger partial charge < -0.3 is 20.1 Å². The Morgan fingerprint density at radius 1 is 1.52 bits per heavy atom. The lowest BCUT2D eigenvalue weighted by Crippen LogP contribution is -2.51. The van der Waals surface area contributed by atoms with Gasteiger partial charge in [-0.05, 0) is 50.8 Å². The number of carbonyl (C=O) groups is 1. The molecular formula is C17H25FN2O3. The molecule has 0 aliphatic carbocycles. The molecule has 2 amide bonds. The maximum atomic E-state index is 13.4. The van der Waals surface area contributed by atoms with E-state index in [1.807, 2.05) is 0 Å². The van der Waals surface area contributed by atoms with Gasteiger partial charge in [0, 0.05) is 13.1 Å². The van der Waals surface area contributed by atoms with Gasteiger partial charge in [0.1, 0.15) is 0 Å². The first-order valence-electron chi connectivity index (χ1n) is 7.92. The number of hydrogen-bond acceptors (Lipinski definition) is 3. The van der Waals surface area contributed by atoms with Crippen LogP contribution in [-0.4, -0.2) is 47.9 Å². The standard InChI is InChI=1S/C17H25FN2O3/c1-17(2,22)15-5-4-10-20(15)16(21)19-9-8-12-6-7-13(18)14(11-12)23-3/h6-7,11,15,22H,4-5,8-10H2,1-3H3,(H,19,21). The van der Waals surface area contributed by atoms with Crippen LogP contribution in [0.5, 0.6) is 5.75 Å². The van der Waals surface area contributed by atoms with Crippen LogP contribution in [0.15, 0.2) is 18.2 Å². The van der Waals surface area contributed by atoms with E-state index in [2.05, 4.69) is 5.32 Å². The second-order valence-electron chi connectivity index (χ2n) is 6.46. The summed E-state index contributed by atoms with van der Waals surface area (Å²) in [5.41, 5.74) is -0.0120. The van der Waals surface area contributed by atoms with Gasteiger partial charge in [-0.1, -0.05) is 6.07 Å². The fraction of sp³-hybridized carbons (Fsp3) is 0.588. The molecule has 0 spiro atoms. The van der Waals surface area contributed by atoms with Crippen LogP contribution in [0.4, 0.5) is 9.18 Å². The molecule has 0 saturated carbocycles. The van der Waals surface area contributed by atoms with Crippen molar-refractivity contribution < 1.29 is 19.0 Å². The summed E-state index contributed by atoms with van der Waals surface area (Å²) in [6, 6.07) is 4.36. The van der Waals surface area contributed by atoms with Crippen LogP contribution >= 0.6 is 0 Å². The molecule has 128 valence electrons. The number of carbonyl (C=O) groups excluding carboxylic acids is 1. The summed E-state index contributed by atoms with van der Waals surface area (Å²) in [6.45, 7) is 4.57. The van der Waals surface area contributed by atoms with Crippen molar-refractivity contribution in [2.24, 2.45) is 0 Å². The van der Waals surface area contributed by atoms with Gasteiger partial charge in [0.05, 0.1) is 18.8 Å². The van der Waals surface area contributed by atoms with E-state index in [4.69, 9.17) is 4.74 Å². The number of ether oxygens (including phenoxy) is 1. The maximum Gasteiger partial charge on any atom is 0.317 e. The van der Waals surface area contributed by atoms with Gasteiger partial charge in [-0.2, -0.15) is 0 Å². The number of methoxy groups -OCH3 is 1. The molecule has 0 bridgehead atoms. The minimum atomic E-state index is -0.905. The van der Waals surface area contributed by atoms with Crippen LogP contribution < -0.4 is 10.1 Å². The molecule has 1 unspecified atom stereocenters. The third-order valence-electron chi connectivity index (χ3n) is 4.23. The lowest BCUT2D eigenvalue weighted by atomic mass is 9.97. The van der Waals surface area contributed by atoms with Gasteiger partial charge in [-0.15, -0.1) is 0 Å². The molecule has 1 aromatic carbocycles. The summed E-state index contributed by atoms with van der Waals surface area (Å²) in [6.07, 6.45) is 2.30. The zero-order valence-electron chi connectivity index (χ0n) is 13.9. The fourth-order valence-corrected chi connectivity index (χ4v) is 3.02. The number of benzene rings is 1. The third-order valence-corrected chi connectivity index (χ3v) is 4.23. The van der Waals surface area contributed by atoms with E-state index in [1.54, 1.807) is 30.9 Å². The number of urea groups is 1.